The summed E-state index contributed by atoms with van der Waals surface area (Å²) < 4.78 is 1.67. The van der Waals surface area contributed by atoms with E-state index in [1.54, 1.807) is 29.1 Å². The Kier molecular flexibility index (Phi) is 5.50. The first-order valence-electron chi connectivity index (χ1n) is 5.32. The zero-order chi connectivity index (χ0) is 12.8. The van der Waals surface area contributed by atoms with E-state index in [1.807, 2.05) is 30.3 Å². The van der Waals surface area contributed by atoms with Gasteiger partial charge in [-0.1, -0.05) is 23.4 Å². The highest BCUT2D eigenvalue weighted by atomic mass is 35.5. The second-order valence-electron chi connectivity index (χ2n) is 3.57. The fraction of sp³-hybridized carbons (Fsp3) is 0. The number of rotatable bonds is 2. The van der Waals surface area contributed by atoms with E-state index in [-0.39, 0.29) is 12.4 Å². The summed E-state index contributed by atoms with van der Waals surface area (Å²) in [6.07, 6.45) is 4.76. The van der Waals surface area contributed by atoms with Gasteiger partial charge in [0.2, 0.25) is 0 Å². The molecule has 2 rings (SSSR count). The van der Waals surface area contributed by atoms with Gasteiger partial charge in [0.1, 0.15) is 0 Å². The highest BCUT2D eigenvalue weighted by Crippen LogP contribution is 1.99. The monoisotopic (exact) mass is 277 g/mol. The van der Waals surface area contributed by atoms with Gasteiger partial charge in [-0.05, 0) is 24.3 Å². The highest BCUT2D eigenvalue weighted by Gasteiger charge is 2.15. The normalized spacial score (nSPS) is 11.3. The Morgan fingerprint density at radius 2 is 1.63 bits per heavy atom. The van der Waals surface area contributed by atoms with Crippen molar-refractivity contribution in [3.63, 3.8) is 0 Å². The van der Waals surface area contributed by atoms with Gasteiger partial charge in [-0.15, -0.1) is 0 Å². The third-order valence-corrected chi connectivity index (χ3v) is 2.43. The Bertz CT molecular complexity index is 568. The van der Waals surface area contributed by atoms with Crippen LogP contribution in [0.4, 0.5) is 0 Å². The number of pyridine rings is 1. The first-order chi connectivity index (χ1) is 8.85. The number of hydrogen-bond donors (Lipinski definition) is 2. The summed E-state index contributed by atoms with van der Waals surface area (Å²) in [4.78, 5) is 0. The molecule has 2 N–H and O–H groups in total. The molecule has 5 nitrogen and oxygen atoms in total. The summed E-state index contributed by atoms with van der Waals surface area (Å²) in [5.41, 5.74) is 1.55. The molecule has 0 amide bonds. The van der Waals surface area contributed by atoms with Crippen LogP contribution in [0, 0.1) is 0 Å². The van der Waals surface area contributed by atoms with Crippen molar-refractivity contribution >= 4 is 12.1 Å². The molecule has 1 heterocycles. The molecule has 98 valence electrons. The lowest BCUT2D eigenvalue weighted by Crippen LogP contribution is -3.00. The highest BCUT2D eigenvalue weighted by molar-refractivity contribution is 5.91. The van der Waals surface area contributed by atoms with Crippen molar-refractivity contribution in [2.75, 3.05) is 0 Å². The number of hydrogen-bond acceptors (Lipinski definition) is 4. The maximum absolute atomic E-state index is 9.11. The maximum Gasteiger partial charge on any atom is 0.381 e. The zero-order valence-corrected chi connectivity index (χ0v) is 10.6. The summed E-state index contributed by atoms with van der Waals surface area (Å²) >= 11 is 0. The molecule has 0 saturated heterocycles. The molecule has 6 heteroatoms. The first-order valence-corrected chi connectivity index (χ1v) is 5.32. The maximum atomic E-state index is 9.11. The second kappa shape index (κ2) is 7.13. The molecule has 1 aromatic carbocycles. The minimum Gasteiger partial charge on any atom is -1.00 e. The Morgan fingerprint density at radius 3 is 2.16 bits per heavy atom. The molecule has 19 heavy (non-hydrogen) atoms. The predicted molar refractivity (Wildman–Crippen MR) is 66.2 cm³/mol. The van der Waals surface area contributed by atoms with Gasteiger partial charge in [0.15, 0.2) is 5.16 Å². The Hall–Kier alpha value is -2.40. The zero-order valence-electron chi connectivity index (χ0n) is 9.89. The lowest BCUT2D eigenvalue weighted by atomic mass is 10.2. The van der Waals surface area contributed by atoms with E-state index >= 15 is 0 Å². The molecular weight excluding hydrogens is 266 g/mol. The summed E-state index contributed by atoms with van der Waals surface area (Å²) in [5, 5.41) is 23.8. The number of oxime groups is 2. The average molecular weight is 278 g/mol. The molecule has 0 spiro atoms. The average Bonchev–Trinajstić information content (AvgIpc) is 2.43. The lowest BCUT2D eigenvalue weighted by Gasteiger charge is -1.99. The quantitative estimate of drug-likeness (QED) is 0.230. The van der Waals surface area contributed by atoms with Gasteiger partial charge < -0.3 is 22.8 Å². The van der Waals surface area contributed by atoms with Crippen molar-refractivity contribution in [2.24, 2.45) is 10.3 Å². The molecule has 0 aliphatic carbocycles. The van der Waals surface area contributed by atoms with Gasteiger partial charge in [0.05, 0.1) is 24.2 Å². The van der Waals surface area contributed by atoms with Gasteiger partial charge in [0, 0.05) is 5.56 Å². The molecule has 0 radical (unpaired) electrons. The van der Waals surface area contributed by atoms with Crippen LogP contribution in [0.5, 0.6) is 0 Å². The van der Waals surface area contributed by atoms with E-state index in [4.69, 9.17) is 10.4 Å². The van der Waals surface area contributed by atoms with Crippen molar-refractivity contribution in [3.8, 4) is 0 Å². The second-order valence-corrected chi connectivity index (χ2v) is 3.57. The van der Waals surface area contributed by atoms with Crippen LogP contribution in [-0.4, -0.2) is 22.5 Å². The number of nitrogens with zero attached hydrogens (tertiary/aromatic N) is 3. The molecule has 2 aromatic rings. The lowest BCUT2D eigenvalue weighted by molar-refractivity contribution is -0.555. The SMILES string of the molecule is O/N=C/c1cc[n+](/C(=N/O)c2ccccc2)cc1.[Cl-]. The minimum atomic E-state index is 0. The van der Waals surface area contributed by atoms with Crippen LogP contribution in [0.25, 0.3) is 0 Å². The van der Waals surface area contributed by atoms with Crippen LogP contribution in [0.1, 0.15) is 11.1 Å². The molecule has 0 fully saturated rings. The van der Waals surface area contributed by atoms with E-state index in [2.05, 4.69) is 10.3 Å². The largest absolute Gasteiger partial charge is 1.00 e. The van der Waals surface area contributed by atoms with Crippen LogP contribution in [0.15, 0.2) is 65.2 Å². The summed E-state index contributed by atoms with van der Waals surface area (Å²) in [5.74, 6) is 0.420. The standard InChI is InChI=1S/C13H11N3O2.ClH/c17-14-10-11-6-8-16(9-7-11)13(15-18)12-4-2-1-3-5-12;/h1-10,18H;1H/b15-13+;. The smallest absolute Gasteiger partial charge is 0.381 e. The molecule has 0 bridgehead atoms. The molecule has 0 unspecified atom stereocenters. The van der Waals surface area contributed by atoms with E-state index in [1.165, 1.54) is 6.21 Å². The van der Waals surface area contributed by atoms with Crippen LogP contribution in [-0.2, 0) is 0 Å². The van der Waals surface area contributed by atoms with Crippen molar-refractivity contribution < 1.29 is 27.4 Å². The van der Waals surface area contributed by atoms with E-state index in [0.717, 1.165) is 11.1 Å². The predicted octanol–water partition coefficient (Wildman–Crippen LogP) is -1.53. The van der Waals surface area contributed by atoms with Crippen molar-refractivity contribution in [2.45, 2.75) is 0 Å². The van der Waals surface area contributed by atoms with Crippen LogP contribution >= 0.6 is 0 Å². The van der Waals surface area contributed by atoms with E-state index < -0.39 is 0 Å². The van der Waals surface area contributed by atoms with Gasteiger partial charge in [-0.2, -0.15) is 4.57 Å². The Labute approximate surface area is 116 Å². The van der Waals surface area contributed by atoms with Crippen LogP contribution < -0.4 is 17.0 Å². The molecule has 0 aliphatic rings. The molecule has 0 saturated carbocycles. The van der Waals surface area contributed by atoms with Crippen molar-refractivity contribution in [1.29, 1.82) is 0 Å². The number of aromatic nitrogens is 1. The van der Waals surface area contributed by atoms with Gasteiger partial charge in [-0.3, -0.25) is 0 Å². The number of halogens is 1. The van der Waals surface area contributed by atoms with Crippen LogP contribution in [0.2, 0.25) is 0 Å². The van der Waals surface area contributed by atoms with Gasteiger partial charge in [0.25, 0.3) is 0 Å². The Morgan fingerprint density at radius 1 is 1.00 bits per heavy atom. The van der Waals surface area contributed by atoms with Gasteiger partial charge >= 0.3 is 5.84 Å². The first kappa shape index (κ1) is 14.7. The van der Waals surface area contributed by atoms with E-state index in [9.17, 15) is 0 Å². The van der Waals surface area contributed by atoms with Crippen molar-refractivity contribution in [3.05, 3.63) is 66.0 Å². The summed E-state index contributed by atoms with van der Waals surface area (Å²) in [7, 11) is 0. The van der Waals surface area contributed by atoms with E-state index in [0.29, 0.717) is 5.84 Å². The third-order valence-electron chi connectivity index (χ3n) is 2.43. The molecular formula is C13H12ClN3O2. The summed E-state index contributed by atoms with van der Waals surface area (Å²) in [6, 6.07) is 12.8. The van der Waals surface area contributed by atoms with Crippen LogP contribution in [0.3, 0.4) is 0 Å². The van der Waals surface area contributed by atoms with Crippen molar-refractivity contribution in [1.82, 2.24) is 0 Å². The molecule has 0 aliphatic heterocycles. The topological polar surface area (TPSA) is 69.1 Å². The Balaban J connectivity index is 0.00000180. The minimum absolute atomic E-state index is 0. The number of benzene rings is 1. The third kappa shape index (κ3) is 3.53. The fourth-order valence-electron chi connectivity index (χ4n) is 1.58. The fourth-order valence-corrected chi connectivity index (χ4v) is 1.58. The van der Waals surface area contributed by atoms with Gasteiger partial charge in [-0.25, -0.2) is 0 Å². The molecule has 1 aromatic heterocycles. The molecule has 0 atom stereocenters. The summed E-state index contributed by atoms with van der Waals surface area (Å²) in [6.45, 7) is 0.